The van der Waals surface area contributed by atoms with Gasteiger partial charge in [0.1, 0.15) is 0 Å². The first-order chi connectivity index (χ1) is 12.7. The van der Waals surface area contributed by atoms with Gasteiger partial charge >= 0.3 is 7.12 Å². The Balaban J connectivity index is 1.79. The van der Waals surface area contributed by atoms with Gasteiger partial charge in [-0.25, -0.2) is 9.67 Å². The van der Waals surface area contributed by atoms with E-state index in [-0.39, 0.29) is 0 Å². The number of nitrogens with zero attached hydrogens (tertiary/aromatic N) is 4. The number of fused-ring (bicyclic) bond motifs is 1. The zero-order valence-electron chi connectivity index (χ0n) is 16.1. The Kier molecular flexibility index (Phi) is 3.88. The SMILES string of the molecule is Cc1cc(C#N)cc(-n2ncc3ccc(B4OC(C)(C)C(C)(C)O4)cc32)n1. The van der Waals surface area contributed by atoms with E-state index >= 15 is 0 Å². The van der Waals surface area contributed by atoms with Crippen molar-refractivity contribution in [1.29, 1.82) is 5.26 Å². The molecule has 0 radical (unpaired) electrons. The van der Waals surface area contributed by atoms with E-state index in [4.69, 9.17) is 9.31 Å². The van der Waals surface area contributed by atoms with Crippen molar-refractivity contribution in [3.8, 4) is 11.9 Å². The minimum absolute atomic E-state index is 0.396. The van der Waals surface area contributed by atoms with Crippen molar-refractivity contribution in [2.45, 2.75) is 45.8 Å². The number of nitriles is 1. The smallest absolute Gasteiger partial charge is 0.399 e. The lowest BCUT2D eigenvalue weighted by Gasteiger charge is -2.32. The van der Waals surface area contributed by atoms with Crippen molar-refractivity contribution in [1.82, 2.24) is 14.8 Å². The van der Waals surface area contributed by atoms with E-state index in [0.29, 0.717) is 11.4 Å². The Morgan fingerprint density at radius 1 is 1.07 bits per heavy atom. The second kappa shape index (κ2) is 5.91. The third-order valence-corrected chi connectivity index (χ3v) is 5.41. The number of hydrogen-bond donors (Lipinski definition) is 0. The van der Waals surface area contributed by atoms with Crippen LogP contribution in [-0.4, -0.2) is 33.1 Å². The zero-order chi connectivity index (χ0) is 19.4. The van der Waals surface area contributed by atoms with Crippen LogP contribution in [-0.2, 0) is 9.31 Å². The average Bonchev–Trinajstić information content (AvgIpc) is 3.11. The summed E-state index contributed by atoms with van der Waals surface area (Å²) in [7, 11) is -0.442. The molecule has 3 heterocycles. The van der Waals surface area contributed by atoms with Crippen molar-refractivity contribution < 1.29 is 9.31 Å². The van der Waals surface area contributed by atoms with Crippen LogP contribution < -0.4 is 5.46 Å². The lowest BCUT2D eigenvalue weighted by molar-refractivity contribution is 0.00578. The van der Waals surface area contributed by atoms with Crippen LogP contribution in [0.4, 0.5) is 0 Å². The van der Waals surface area contributed by atoms with Crippen molar-refractivity contribution in [2.24, 2.45) is 0 Å². The predicted molar refractivity (Wildman–Crippen MR) is 104 cm³/mol. The molecule has 0 spiro atoms. The van der Waals surface area contributed by atoms with E-state index in [1.165, 1.54) is 0 Å². The molecule has 0 saturated carbocycles. The Labute approximate surface area is 158 Å². The number of benzene rings is 1. The largest absolute Gasteiger partial charge is 0.494 e. The van der Waals surface area contributed by atoms with Crippen LogP contribution >= 0.6 is 0 Å². The maximum Gasteiger partial charge on any atom is 0.494 e. The van der Waals surface area contributed by atoms with Gasteiger partial charge in [0.2, 0.25) is 0 Å². The molecule has 1 aliphatic heterocycles. The minimum Gasteiger partial charge on any atom is -0.399 e. The summed E-state index contributed by atoms with van der Waals surface area (Å²) in [4.78, 5) is 4.53. The normalized spacial score (nSPS) is 18.0. The molecule has 0 unspecified atom stereocenters. The van der Waals surface area contributed by atoms with Gasteiger partial charge in [0.15, 0.2) is 5.82 Å². The first kappa shape index (κ1) is 17.7. The molecule has 1 aromatic carbocycles. The van der Waals surface area contributed by atoms with Crippen molar-refractivity contribution in [3.05, 3.63) is 47.8 Å². The third kappa shape index (κ3) is 2.91. The highest BCUT2D eigenvalue weighted by molar-refractivity contribution is 6.62. The third-order valence-electron chi connectivity index (χ3n) is 5.41. The zero-order valence-corrected chi connectivity index (χ0v) is 16.1. The lowest BCUT2D eigenvalue weighted by atomic mass is 9.79. The van der Waals surface area contributed by atoms with Gasteiger partial charge in [-0.05, 0) is 52.2 Å². The molecule has 7 heteroatoms. The van der Waals surface area contributed by atoms with Gasteiger partial charge < -0.3 is 9.31 Å². The van der Waals surface area contributed by atoms with Gasteiger partial charge in [-0.2, -0.15) is 10.4 Å². The van der Waals surface area contributed by atoms with Gasteiger partial charge in [-0.15, -0.1) is 0 Å². The summed E-state index contributed by atoms with van der Waals surface area (Å²) in [6.07, 6.45) is 1.79. The second-order valence-electron chi connectivity index (χ2n) is 7.93. The van der Waals surface area contributed by atoms with E-state index in [9.17, 15) is 5.26 Å². The van der Waals surface area contributed by atoms with Crippen molar-refractivity contribution >= 4 is 23.5 Å². The maximum atomic E-state index is 9.24. The van der Waals surface area contributed by atoms with E-state index in [1.807, 2.05) is 52.8 Å². The highest BCUT2D eigenvalue weighted by atomic mass is 16.7. The van der Waals surface area contributed by atoms with Gasteiger partial charge in [-0.3, -0.25) is 0 Å². The summed E-state index contributed by atoms with van der Waals surface area (Å²) in [5.74, 6) is 0.618. The highest BCUT2D eigenvalue weighted by Crippen LogP contribution is 2.36. The molecule has 0 bridgehead atoms. The first-order valence-electron chi connectivity index (χ1n) is 8.93. The predicted octanol–water partition coefficient (Wildman–Crippen LogP) is 2.90. The molecule has 0 atom stereocenters. The van der Waals surface area contributed by atoms with Crippen LogP contribution in [0.3, 0.4) is 0 Å². The Morgan fingerprint density at radius 2 is 1.78 bits per heavy atom. The molecular weight excluding hydrogens is 339 g/mol. The topological polar surface area (TPSA) is 73.0 Å². The molecule has 4 rings (SSSR count). The fraction of sp³-hybridized carbons (Fsp3) is 0.350. The maximum absolute atomic E-state index is 9.24. The molecule has 6 nitrogen and oxygen atoms in total. The molecule has 1 fully saturated rings. The van der Waals surface area contributed by atoms with Crippen LogP contribution in [0.2, 0.25) is 0 Å². The summed E-state index contributed by atoms with van der Waals surface area (Å²) in [5.41, 5.74) is 2.36. The number of hydrogen-bond acceptors (Lipinski definition) is 5. The van der Waals surface area contributed by atoms with Crippen LogP contribution in [0, 0.1) is 18.3 Å². The number of rotatable bonds is 2. The van der Waals surface area contributed by atoms with Crippen molar-refractivity contribution in [2.75, 3.05) is 0 Å². The summed E-state index contributed by atoms with van der Waals surface area (Å²) >= 11 is 0. The highest BCUT2D eigenvalue weighted by Gasteiger charge is 2.51. The number of aryl methyl sites for hydroxylation is 1. The molecule has 0 amide bonds. The summed E-state index contributed by atoms with van der Waals surface area (Å²) in [5, 5.41) is 14.7. The molecule has 1 saturated heterocycles. The van der Waals surface area contributed by atoms with Crippen LogP contribution in [0.15, 0.2) is 36.5 Å². The fourth-order valence-corrected chi connectivity index (χ4v) is 3.17. The molecule has 1 aliphatic rings. The Bertz CT molecular complexity index is 1070. The molecule has 0 N–H and O–H groups in total. The molecular formula is C20H21BN4O2. The van der Waals surface area contributed by atoms with Gasteiger partial charge in [0.25, 0.3) is 0 Å². The fourth-order valence-electron chi connectivity index (χ4n) is 3.17. The average molecular weight is 360 g/mol. The molecule has 136 valence electrons. The van der Waals surface area contributed by atoms with E-state index in [0.717, 1.165) is 22.1 Å². The quantitative estimate of drug-likeness (QED) is 0.657. The van der Waals surface area contributed by atoms with Crippen LogP contribution in [0.1, 0.15) is 39.0 Å². The minimum atomic E-state index is -0.442. The van der Waals surface area contributed by atoms with Gasteiger partial charge in [-0.1, -0.05) is 12.1 Å². The van der Waals surface area contributed by atoms with Crippen LogP contribution in [0.5, 0.6) is 0 Å². The number of pyridine rings is 1. The first-order valence-corrected chi connectivity index (χ1v) is 8.93. The standard InChI is InChI=1S/C20H21BN4O2/c1-13-8-14(11-22)9-18(24-13)25-17-10-16(7-6-15(17)12-23-25)21-26-19(2,3)20(4,5)27-21/h6-10,12H,1-5H3. The molecule has 27 heavy (non-hydrogen) atoms. The Hall–Kier alpha value is -2.69. The van der Waals surface area contributed by atoms with Gasteiger partial charge in [0.05, 0.1) is 34.5 Å². The second-order valence-corrected chi connectivity index (χ2v) is 7.93. The molecule has 0 aliphatic carbocycles. The Morgan fingerprint density at radius 3 is 2.44 bits per heavy atom. The lowest BCUT2D eigenvalue weighted by Crippen LogP contribution is -2.41. The van der Waals surface area contributed by atoms with Crippen LogP contribution in [0.25, 0.3) is 16.7 Å². The van der Waals surface area contributed by atoms with Crippen molar-refractivity contribution in [3.63, 3.8) is 0 Å². The molecule has 2 aromatic heterocycles. The summed E-state index contributed by atoms with van der Waals surface area (Å²) in [6, 6.07) is 11.7. The van der Waals surface area contributed by atoms with E-state index < -0.39 is 18.3 Å². The summed E-state index contributed by atoms with van der Waals surface area (Å²) in [6.45, 7) is 10.0. The number of aromatic nitrogens is 3. The molecule has 3 aromatic rings. The summed E-state index contributed by atoms with van der Waals surface area (Å²) < 4.78 is 14.1. The van der Waals surface area contributed by atoms with Gasteiger partial charge in [0, 0.05) is 17.1 Å². The van der Waals surface area contributed by atoms with E-state index in [2.05, 4.69) is 16.2 Å². The monoisotopic (exact) mass is 360 g/mol. The van der Waals surface area contributed by atoms with E-state index in [1.54, 1.807) is 23.0 Å².